The van der Waals surface area contributed by atoms with Crippen molar-refractivity contribution in [2.45, 2.75) is 19.3 Å². The summed E-state index contributed by atoms with van der Waals surface area (Å²) in [5.74, 6) is 1.90. The lowest BCUT2D eigenvalue weighted by atomic mass is 9.76. The molecule has 0 radical (unpaired) electrons. The first-order chi connectivity index (χ1) is 10.2. The molecule has 2 aromatic rings. The highest BCUT2D eigenvalue weighted by Crippen LogP contribution is 2.35. The molecule has 110 valence electrons. The number of ketones is 1. The van der Waals surface area contributed by atoms with Gasteiger partial charge in [0.1, 0.15) is 5.58 Å². The molecule has 0 spiro atoms. The number of para-hydroxylation sites is 1. The number of benzene rings is 1. The number of Topliss-reactive ketones (excluding diaryl/α,β-unsaturated/α-hetero) is 1. The van der Waals surface area contributed by atoms with Gasteiger partial charge in [-0.05, 0) is 65.8 Å². The molecule has 3 fully saturated rings. The zero-order chi connectivity index (χ0) is 14.4. The summed E-state index contributed by atoms with van der Waals surface area (Å²) in [4.78, 5) is 15.0. The number of hydrogen-bond acceptors (Lipinski definition) is 3. The van der Waals surface area contributed by atoms with Crippen molar-refractivity contribution in [1.82, 2.24) is 4.90 Å². The Kier molecular flexibility index (Phi) is 3.38. The Morgan fingerprint density at radius 3 is 2.81 bits per heavy atom. The Morgan fingerprint density at radius 2 is 2.14 bits per heavy atom. The van der Waals surface area contributed by atoms with Crippen LogP contribution in [-0.4, -0.2) is 30.3 Å². The number of fused-ring (bicyclic) bond motifs is 4. The van der Waals surface area contributed by atoms with Crippen LogP contribution < -0.4 is 0 Å². The number of nitrogens with zero attached hydrogens (tertiary/aromatic N) is 1. The van der Waals surface area contributed by atoms with Crippen LogP contribution in [0, 0.1) is 11.8 Å². The molecule has 0 N–H and O–H groups in total. The van der Waals surface area contributed by atoms with Crippen LogP contribution in [0.1, 0.15) is 29.8 Å². The van der Waals surface area contributed by atoms with Crippen molar-refractivity contribution >= 4 is 32.7 Å². The molecule has 4 heterocycles. The maximum atomic E-state index is 12.5. The van der Waals surface area contributed by atoms with Crippen LogP contribution in [0.25, 0.3) is 11.0 Å². The summed E-state index contributed by atoms with van der Waals surface area (Å²) in [6.45, 7) is 3.51. The molecular weight excluding hydrogens is 330 g/mol. The third-order valence-corrected chi connectivity index (χ3v) is 5.63. The van der Waals surface area contributed by atoms with E-state index < -0.39 is 0 Å². The Hall–Kier alpha value is -1.13. The normalized spacial score (nSPS) is 28.1. The molecule has 21 heavy (non-hydrogen) atoms. The van der Waals surface area contributed by atoms with Crippen LogP contribution in [0.4, 0.5) is 0 Å². The van der Waals surface area contributed by atoms with Crippen molar-refractivity contribution in [3.8, 4) is 0 Å². The van der Waals surface area contributed by atoms with Gasteiger partial charge < -0.3 is 9.32 Å². The van der Waals surface area contributed by atoms with Crippen LogP contribution in [0.5, 0.6) is 0 Å². The second kappa shape index (κ2) is 5.25. The molecule has 3 aliphatic rings. The van der Waals surface area contributed by atoms with Crippen molar-refractivity contribution in [3.63, 3.8) is 0 Å². The predicted octanol–water partition coefficient (Wildman–Crippen LogP) is 4.11. The molecule has 0 unspecified atom stereocenters. The molecule has 1 aromatic carbocycles. The minimum atomic E-state index is 0.150. The highest BCUT2D eigenvalue weighted by molar-refractivity contribution is 9.10. The molecule has 2 bridgehead atoms. The molecular formula is C17H18BrNO2. The first kappa shape index (κ1) is 13.5. The average Bonchev–Trinajstić information content (AvgIpc) is 2.94. The Morgan fingerprint density at radius 1 is 1.33 bits per heavy atom. The van der Waals surface area contributed by atoms with Gasteiger partial charge in [-0.25, -0.2) is 0 Å². The molecule has 0 aliphatic carbocycles. The first-order valence-electron chi connectivity index (χ1n) is 7.64. The van der Waals surface area contributed by atoms with Gasteiger partial charge in [0.15, 0.2) is 11.5 Å². The fraction of sp³-hybridized carbons (Fsp3) is 0.471. The van der Waals surface area contributed by atoms with Crippen LogP contribution >= 0.6 is 15.9 Å². The second-order valence-corrected chi connectivity index (χ2v) is 7.15. The van der Waals surface area contributed by atoms with E-state index in [2.05, 4.69) is 20.8 Å². The molecule has 5 rings (SSSR count). The number of carbonyl (C=O) groups is 1. The summed E-state index contributed by atoms with van der Waals surface area (Å²) in [6, 6.07) is 7.76. The fourth-order valence-electron chi connectivity index (χ4n) is 3.82. The Balaban J connectivity index is 1.55. The van der Waals surface area contributed by atoms with Gasteiger partial charge in [-0.2, -0.15) is 0 Å². The number of carbonyl (C=O) groups excluding carboxylic acids is 1. The van der Waals surface area contributed by atoms with Gasteiger partial charge in [0.2, 0.25) is 0 Å². The van der Waals surface area contributed by atoms with Gasteiger partial charge in [-0.1, -0.05) is 12.1 Å². The zero-order valence-electron chi connectivity index (χ0n) is 11.8. The van der Waals surface area contributed by atoms with Crippen LogP contribution in [-0.2, 0) is 0 Å². The van der Waals surface area contributed by atoms with Crippen molar-refractivity contribution < 1.29 is 9.21 Å². The molecule has 1 aromatic heterocycles. The number of furan rings is 1. The van der Waals surface area contributed by atoms with E-state index >= 15 is 0 Å². The van der Waals surface area contributed by atoms with Crippen molar-refractivity contribution in [2.24, 2.45) is 11.8 Å². The van der Waals surface area contributed by atoms with Gasteiger partial charge in [-0.3, -0.25) is 4.79 Å². The molecule has 4 heteroatoms. The van der Waals surface area contributed by atoms with E-state index in [0.29, 0.717) is 18.1 Å². The first-order valence-corrected chi connectivity index (χ1v) is 8.43. The third-order valence-electron chi connectivity index (χ3n) is 5.01. The second-order valence-electron chi connectivity index (χ2n) is 6.29. The molecule has 0 saturated carbocycles. The number of halogens is 1. The van der Waals surface area contributed by atoms with Gasteiger partial charge in [-0.15, -0.1) is 0 Å². The monoisotopic (exact) mass is 347 g/mol. The maximum Gasteiger partial charge on any atom is 0.198 e. The summed E-state index contributed by atoms with van der Waals surface area (Å²) >= 11 is 3.47. The van der Waals surface area contributed by atoms with Crippen molar-refractivity contribution in [1.29, 1.82) is 0 Å². The zero-order valence-corrected chi connectivity index (χ0v) is 13.4. The molecule has 3 nitrogen and oxygen atoms in total. The molecule has 3 aliphatic heterocycles. The molecule has 1 atom stereocenters. The lowest BCUT2D eigenvalue weighted by Crippen LogP contribution is -2.47. The van der Waals surface area contributed by atoms with Gasteiger partial charge in [0, 0.05) is 18.4 Å². The van der Waals surface area contributed by atoms with E-state index in [9.17, 15) is 4.79 Å². The van der Waals surface area contributed by atoms with Gasteiger partial charge >= 0.3 is 0 Å². The van der Waals surface area contributed by atoms with Crippen molar-refractivity contribution in [3.05, 3.63) is 34.5 Å². The van der Waals surface area contributed by atoms with E-state index in [0.717, 1.165) is 27.9 Å². The lowest BCUT2D eigenvalue weighted by Gasteiger charge is -2.44. The Bertz CT molecular complexity index is 685. The third kappa shape index (κ3) is 2.44. The highest BCUT2D eigenvalue weighted by Gasteiger charge is 2.35. The van der Waals surface area contributed by atoms with Crippen LogP contribution in [0.2, 0.25) is 0 Å². The Labute approximate surface area is 132 Å². The summed E-state index contributed by atoms with van der Waals surface area (Å²) in [5, 5.41) is 0.988. The minimum absolute atomic E-state index is 0.150. The van der Waals surface area contributed by atoms with E-state index in [1.165, 1.54) is 25.9 Å². The van der Waals surface area contributed by atoms with E-state index in [-0.39, 0.29) is 5.78 Å². The lowest BCUT2D eigenvalue weighted by molar-refractivity contribution is 0.0433. The highest BCUT2D eigenvalue weighted by atomic mass is 79.9. The van der Waals surface area contributed by atoms with Crippen LogP contribution in [0.15, 0.2) is 33.2 Å². The van der Waals surface area contributed by atoms with E-state index in [1.54, 1.807) is 0 Å². The van der Waals surface area contributed by atoms with E-state index in [1.807, 2.05) is 24.3 Å². The van der Waals surface area contributed by atoms with Gasteiger partial charge in [0.25, 0.3) is 0 Å². The smallest absolute Gasteiger partial charge is 0.198 e. The SMILES string of the molecule is O=C(C[C@H]1CN2CCC1CC2)c1cc2cccc(Br)c2o1. The summed E-state index contributed by atoms with van der Waals surface area (Å²) in [5.41, 5.74) is 0.773. The van der Waals surface area contributed by atoms with Crippen LogP contribution in [0.3, 0.4) is 0 Å². The quantitative estimate of drug-likeness (QED) is 0.783. The van der Waals surface area contributed by atoms with Gasteiger partial charge in [0.05, 0.1) is 4.47 Å². The standard InChI is InChI=1S/C17H18BrNO2/c18-14-3-1-2-12-9-16(21-17(12)14)15(20)8-13-10-19-6-4-11(13)5-7-19/h1-3,9,11,13H,4-8,10H2/t13-/m0/s1. The maximum absolute atomic E-state index is 12.5. The number of piperidine rings is 3. The van der Waals surface area contributed by atoms with Crippen molar-refractivity contribution in [2.75, 3.05) is 19.6 Å². The average molecular weight is 348 g/mol. The number of rotatable bonds is 3. The number of hydrogen-bond donors (Lipinski definition) is 0. The van der Waals surface area contributed by atoms with E-state index in [4.69, 9.17) is 4.42 Å². The fourth-order valence-corrected chi connectivity index (χ4v) is 4.28. The summed E-state index contributed by atoms with van der Waals surface area (Å²) in [6.07, 6.45) is 3.13. The topological polar surface area (TPSA) is 33.5 Å². The molecule has 0 amide bonds. The summed E-state index contributed by atoms with van der Waals surface area (Å²) in [7, 11) is 0. The largest absolute Gasteiger partial charge is 0.452 e. The predicted molar refractivity (Wildman–Crippen MR) is 85.5 cm³/mol. The minimum Gasteiger partial charge on any atom is -0.452 e. The summed E-state index contributed by atoms with van der Waals surface area (Å²) < 4.78 is 6.68. The molecule has 3 saturated heterocycles.